The third kappa shape index (κ3) is 4.49. The van der Waals surface area contributed by atoms with Gasteiger partial charge in [0.25, 0.3) is 0 Å². The summed E-state index contributed by atoms with van der Waals surface area (Å²) in [6.07, 6.45) is 3.26. The van der Waals surface area contributed by atoms with E-state index in [1.165, 1.54) is 6.42 Å². The molecule has 1 aliphatic heterocycles. The van der Waals surface area contributed by atoms with Gasteiger partial charge in [0.05, 0.1) is 5.60 Å². The molecule has 1 saturated heterocycles. The van der Waals surface area contributed by atoms with Gasteiger partial charge in [-0.25, -0.2) is 0 Å². The van der Waals surface area contributed by atoms with Crippen LogP contribution in [0.25, 0.3) is 0 Å². The molecule has 1 aliphatic rings. The van der Waals surface area contributed by atoms with Gasteiger partial charge in [-0.15, -0.1) is 0 Å². The first kappa shape index (κ1) is 12.9. The van der Waals surface area contributed by atoms with E-state index in [-0.39, 0.29) is 5.60 Å². The molecule has 0 amide bonds. The molecule has 0 saturated carbocycles. The van der Waals surface area contributed by atoms with E-state index in [0.29, 0.717) is 0 Å². The maximum absolute atomic E-state index is 5.64. The topological polar surface area (TPSA) is 30.5 Å². The van der Waals surface area contributed by atoms with Gasteiger partial charge in [0.15, 0.2) is 0 Å². The number of hydrogen-bond acceptors (Lipinski definition) is 3. The Morgan fingerprint density at radius 1 is 1.33 bits per heavy atom. The molecule has 0 unspecified atom stereocenters. The van der Waals surface area contributed by atoms with Crippen LogP contribution in [0.5, 0.6) is 0 Å². The first-order valence-corrected chi connectivity index (χ1v) is 6.02. The summed E-state index contributed by atoms with van der Waals surface area (Å²) in [5, 5.41) is 3.50. The number of methoxy groups -OCH3 is 1. The van der Waals surface area contributed by atoms with Crippen LogP contribution in [0, 0.1) is 5.92 Å². The lowest BCUT2D eigenvalue weighted by Gasteiger charge is -2.36. The van der Waals surface area contributed by atoms with Gasteiger partial charge in [0.1, 0.15) is 0 Å². The van der Waals surface area contributed by atoms with Crippen LogP contribution in [-0.4, -0.2) is 39.0 Å². The Balaban J connectivity index is 2.20. The summed E-state index contributed by atoms with van der Waals surface area (Å²) in [5.74, 6) is 0.769. The standard InChI is InChI=1S/C12H25NO2/c1-11(2)4-7-13-10-12(14-3)5-8-15-9-6-12/h11,13H,4-10H2,1-3H3. The Kier molecular flexibility index (Phi) is 5.58. The van der Waals surface area contributed by atoms with E-state index >= 15 is 0 Å². The second kappa shape index (κ2) is 6.46. The SMILES string of the molecule is COC1(CNCCC(C)C)CCOCC1. The molecule has 1 N–H and O–H groups in total. The maximum Gasteiger partial charge on any atom is 0.0846 e. The molecule has 0 aliphatic carbocycles. The minimum atomic E-state index is 0.0230. The van der Waals surface area contributed by atoms with Gasteiger partial charge in [-0.2, -0.15) is 0 Å². The summed E-state index contributed by atoms with van der Waals surface area (Å²) in [4.78, 5) is 0. The van der Waals surface area contributed by atoms with Gasteiger partial charge >= 0.3 is 0 Å². The Bertz CT molecular complexity index is 165. The second-order valence-electron chi connectivity index (χ2n) is 4.86. The van der Waals surface area contributed by atoms with Crippen LogP contribution in [0.15, 0.2) is 0 Å². The van der Waals surface area contributed by atoms with Crippen LogP contribution in [0.2, 0.25) is 0 Å². The maximum atomic E-state index is 5.64. The molecule has 0 aromatic heterocycles. The molecular weight excluding hydrogens is 190 g/mol. The molecule has 0 aromatic carbocycles. The molecular formula is C12H25NO2. The van der Waals surface area contributed by atoms with Gasteiger partial charge in [0.2, 0.25) is 0 Å². The van der Waals surface area contributed by atoms with Crippen molar-refractivity contribution < 1.29 is 9.47 Å². The zero-order chi connectivity index (χ0) is 11.1. The van der Waals surface area contributed by atoms with Gasteiger partial charge in [-0.3, -0.25) is 0 Å². The van der Waals surface area contributed by atoms with Crippen molar-refractivity contribution in [3.8, 4) is 0 Å². The first-order valence-electron chi connectivity index (χ1n) is 6.02. The van der Waals surface area contributed by atoms with E-state index < -0.39 is 0 Å². The fourth-order valence-corrected chi connectivity index (χ4v) is 1.90. The fourth-order valence-electron chi connectivity index (χ4n) is 1.90. The van der Waals surface area contributed by atoms with Crippen molar-refractivity contribution >= 4 is 0 Å². The van der Waals surface area contributed by atoms with Crippen molar-refractivity contribution in [1.29, 1.82) is 0 Å². The lowest BCUT2D eigenvalue weighted by atomic mass is 9.94. The van der Waals surface area contributed by atoms with Crippen molar-refractivity contribution in [2.75, 3.05) is 33.4 Å². The summed E-state index contributed by atoms with van der Waals surface area (Å²) < 4.78 is 11.0. The van der Waals surface area contributed by atoms with Crippen LogP contribution in [0.4, 0.5) is 0 Å². The average molecular weight is 215 g/mol. The molecule has 15 heavy (non-hydrogen) atoms. The quantitative estimate of drug-likeness (QED) is 0.686. The predicted molar refractivity (Wildman–Crippen MR) is 62.1 cm³/mol. The molecule has 0 radical (unpaired) electrons. The molecule has 3 heteroatoms. The van der Waals surface area contributed by atoms with E-state index in [9.17, 15) is 0 Å². The highest BCUT2D eigenvalue weighted by Gasteiger charge is 2.31. The summed E-state index contributed by atoms with van der Waals surface area (Å²) in [7, 11) is 1.81. The zero-order valence-electron chi connectivity index (χ0n) is 10.3. The zero-order valence-corrected chi connectivity index (χ0v) is 10.3. The number of nitrogens with one attached hydrogen (secondary N) is 1. The lowest BCUT2D eigenvalue weighted by molar-refractivity contribution is -0.0875. The van der Waals surface area contributed by atoms with Crippen LogP contribution in [0.3, 0.4) is 0 Å². The molecule has 0 bridgehead atoms. The highest BCUT2D eigenvalue weighted by molar-refractivity contribution is 4.85. The lowest BCUT2D eigenvalue weighted by Crippen LogP contribution is -2.46. The summed E-state index contributed by atoms with van der Waals surface area (Å²) >= 11 is 0. The van der Waals surface area contributed by atoms with Crippen LogP contribution >= 0.6 is 0 Å². The highest BCUT2D eigenvalue weighted by Crippen LogP contribution is 2.23. The fraction of sp³-hybridized carbons (Fsp3) is 1.00. The van der Waals surface area contributed by atoms with Gasteiger partial charge in [-0.05, 0) is 18.9 Å². The van der Waals surface area contributed by atoms with Crippen molar-refractivity contribution in [2.24, 2.45) is 5.92 Å². The molecule has 0 atom stereocenters. The number of ether oxygens (including phenoxy) is 2. The minimum Gasteiger partial charge on any atom is -0.381 e. The summed E-state index contributed by atoms with van der Waals surface area (Å²) in [5.41, 5.74) is 0.0230. The Labute approximate surface area is 93.5 Å². The van der Waals surface area contributed by atoms with E-state index in [4.69, 9.17) is 9.47 Å². The number of hydrogen-bond donors (Lipinski definition) is 1. The molecule has 1 rings (SSSR count). The van der Waals surface area contributed by atoms with Crippen LogP contribution in [-0.2, 0) is 9.47 Å². The van der Waals surface area contributed by atoms with Crippen molar-refractivity contribution in [2.45, 2.75) is 38.7 Å². The first-order chi connectivity index (χ1) is 7.18. The third-order valence-electron chi connectivity index (χ3n) is 3.18. The minimum absolute atomic E-state index is 0.0230. The largest absolute Gasteiger partial charge is 0.381 e. The highest BCUT2D eigenvalue weighted by atomic mass is 16.5. The van der Waals surface area contributed by atoms with Gasteiger partial charge in [0, 0.05) is 39.7 Å². The molecule has 0 spiro atoms. The molecule has 3 nitrogen and oxygen atoms in total. The van der Waals surface area contributed by atoms with E-state index in [1.54, 1.807) is 0 Å². The van der Waals surface area contributed by atoms with Gasteiger partial charge < -0.3 is 14.8 Å². The Morgan fingerprint density at radius 2 is 2.00 bits per heavy atom. The Morgan fingerprint density at radius 3 is 2.53 bits per heavy atom. The van der Waals surface area contributed by atoms with E-state index in [0.717, 1.165) is 45.1 Å². The summed E-state index contributed by atoms with van der Waals surface area (Å²) in [6, 6.07) is 0. The van der Waals surface area contributed by atoms with Crippen molar-refractivity contribution in [1.82, 2.24) is 5.32 Å². The average Bonchev–Trinajstić information content (AvgIpc) is 2.26. The van der Waals surface area contributed by atoms with E-state index in [2.05, 4.69) is 19.2 Å². The Hall–Kier alpha value is -0.120. The van der Waals surface area contributed by atoms with Crippen LogP contribution in [0.1, 0.15) is 33.1 Å². The molecule has 90 valence electrons. The van der Waals surface area contributed by atoms with E-state index in [1.807, 2.05) is 7.11 Å². The monoisotopic (exact) mass is 215 g/mol. The third-order valence-corrected chi connectivity index (χ3v) is 3.18. The van der Waals surface area contributed by atoms with Crippen molar-refractivity contribution in [3.05, 3.63) is 0 Å². The summed E-state index contributed by atoms with van der Waals surface area (Å²) in [6.45, 7) is 8.22. The molecule has 1 fully saturated rings. The number of rotatable bonds is 6. The molecule has 1 heterocycles. The van der Waals surface area contributed by atoms with Crippen LogP contribution < -0.4 is 5.32 Å². The van der Waals surface area contributed by atoms with Crippen molar-refractivity contribution in [3.63, 3.8) is 0 Å². The normalized spacial score (nSPS) is 20.8. The second-order valence-corrected chi connectivity index (χ2v) is 4.86. The predicted octanol–water partition coefficient (Wildman–Crippen LogP) is 1.82. The smallest absolute Gasteiger partial charge is 0.0846 e. The van der Waals surface area contributed by atoms with Gasteiger partial charge in [-0.1, -0.05) is 13.8 Å². The molecule has 0 aromatic rings.